The minimum absolute atomic E-state index is 0.00294. The van der Waals surface area contributed by atoms with Crippen molar-refractivity contribution in [2.75, 3.05) is 23.5 Å². The first-order valence-corrected chi connectivity index (χ1v) is 22.2. The van der Waals surface area contributed by atoms with Crippen LogP contribution in [-0.4, -0.2) is 94.8 Å². The number of hydrogen-bond acceptors (Lipinski definition) is 12. The first kappa shape index (κ1) is 40.5. The molecule has 2 unspecified atom stereocenters. The maximum atomic E-state index is 13.6. The van der Waals surface area contributed by atoms with Crippen molar-refractivity contribution >= 4 is 60.1 Å². The molecule has 0 spiro atoms. The number of nitrogens with zero attached hydrogens (tertiary/aromatic N) is 1. The molecule has 5 N–H and O–H groups in total. The van der Waals surface area contributed by atoms with E-state index in [4.69, 9.17) is 0 Å². The number of nitrogens with one attached hydrogen (secondary N) is 5. The topological polar surface area (TPSA) is 268 Å². The quantitative estimate of drug-likeness (QED) is 0.0623. The van der Waals surface area contributed by atoms with E-state index in [9.17, 15) is 50.5 Å². The Hall–Kier alpha value is -0.540. The van der Waals surface area contributed by atoms with Gasteiger partial charge < -0.3 is 0 Å². The van der Waals surface area contributed by atoms with Crippen molar-refractivity contribution in [1.29, 1.82) is 0 Å². The van der Waals surface area contributed by atoms with E-state index in [2.05, 4.69) is 0 Å². The predicted molar refractivity (Wildman–Crippen MR) is 154 cm³/mol. The average molecular weight is 715 g/mol. The molecule has 0 aromatic rings. The first-order chi connectivity index (χ1) is 18.2. The minimum atomic E-state index is -5.20. The molecule has 2 atom stereocenters. The lowest BCUT2D eigenvalue weighted by molar-refractivity contribution is 0.290. The molecule has 18 nitrogen and oxygen atoms in total. The zero-order chi connectivity index (χ0) is 32.7. The normalized spacial score (nSPS) is 16.6. The van der Waals surface area contributed by atoms with Crippen LogP contribution in [0.5, 0.6) is 0 Å². The van der Waals surface area contributed by atoms with E-state index in [0.29, 0.717) is 12.7 Å². The van der Waals surface area contributed by atoms with Gasteiger partial charge >= 0.3 is 0 Å². The second kappa shape index (κ2) is 15.0. The molecule has 0 fully saturated rings. The second-order valence-corrected chi connectivity index (χ2v) is 21.3. The van der Waals surface area contributed by atoms with Gasteiger partial charge in [0.05, 0.1) is 34.0 Å². The maximum absolute atomic E-state index is 13.6. The number of hydrazine groups is 2. The molecule has 0 aromatic carbocycles. The van der Waals surface area contributed by atoms with Crippen LogP contribution in [0.4, 0.5) is 0 Å². The fourth-order valence-corrected chi connectivity index (χ4v) is 10.1. The molecule has 0 saturated carbocycles. The molecule has 41 heavy (non-hydrogen) atoms. The van der Waals surface area contributed by atoms with Crippen molar-refractivity contribution in [1.82, 2.24) is 28.4 Å². The lowest BCUT2D eigenvalue weighted by Gasteiger charge is -2.37. The molecule has 0 aliphatic rings. The van der Waals surface area contributed by atoms with Crippen LogP contribution in [0.25, 0.3) is 0 Å². The number of hydrogen-bond donors (Lipinski definition) is 5. The second-order valence-electron chi connectivity index (χ2n) is 9.48. The van der Waals surface area contributed by atoms with Crippen LogP contribution in [0.1, 0.15) is 67.2 Å². The van der Waals surface area contributed by atoms with Crippen LogP contribution < -0.4 is 23.8 Å². The molecule has 248 valence electrons. The highest BCUT2D eigenvalue weighted by Gasteiger charge is 2.46. The van der Waals surface area contributed by atoms with Crippen LogP contribution in [0, 0.1) is 0 Å². The van der Waals surface area contributed by atoms with Gasteiger partial charge in [0.2, 0.25) is 60.1 Å². The Kier molecular flexibility index (Phi) is 14.8. The molecule has 0 radical (unpaired) electrons. The standard InChI is InChI=1S/C17H42N6O12S6/c1-8-11-13-39(30,31)21-23(22-40(32,33)15(4)5)41(34,35)16(6)14-17(18-36(7,24)25,19-37(26,27)10-3)20-38(28,29)12-9-2/h15-16,18-22H,8-14H2,1-7H3. The van der Waals surface area contributed by atoms with Gasteiger partial charge in [0.1, 0.15) is 0 Å². The van der Waals surface area contributed by atoms with Gasteiger partial charge in [0, 0.05) is 6.42 Å². The van der Waals surface area contributed by atoms with Gasteiger partial charge in [-0.3, -0.25) is 0 Å². The highest BCUT2D eigenvalue weighted by atomic mass is 32.2. The van der Waals surface area contributed by atoms with E-state index >= 15 is 0 Å². The fourth-order valence-electron chi connectivity index (χ4n) is 2.99. The van der Waals surface area contributed by atoms with Crippen molar-refractivity contribution < 1.29 is 50.5 Å². The third kappa shape index (κ3) is 14.2. The number of unbranched alkanes of at least 4 members (excludes halogenated alkanes) is 1. The lowest BCUT2D eigenvalue weighted by atomic mass is 10.2. The lowest BCUT2D eigenvalue weighted by Crippen LogP contribution is -2.71. The molecule has 0 saturated heterocycles. The van der Waals surface area contributed by atoms with E-state index < -0.39 is 100 Å². The van der Waals surface area contributed by atoms with Gasteiger partial charge in [0.25, 0.3) is 0 Å². The summed E-state index contributed by atoms with van der Waals surface area (Å²) in [5.74, 6) is -4.81. The summed E-state index contributed by atoms with van der Waals surface area (Å²) in [5.41, 5.74) is 0. The van der Waals surface area contributed by atoms with Crippen molar-refractivity contribution in [2.45, 2.75) is 83.5 Å². The molecule has 0 bridgehead atoms. The Morgan fingerprint density at radius 1 is 0.659 bits per heavy atom. The Bertz CT molecular complexity index is 1530. The summed E-state index contributed by atoms with van der Waals surface area (Å²) < 4.78 is 158. The summed E-state index contributed by atoms with van der Waals surface area (Å²) in [6.07, 6.45) is -0.184. The number of sulfonamides is 6. The van der Waals surface area contributed by atoms with Crippen molar-refractivity contribution in [3.8, 4) is 0 Å². The SMILES string of the molecule is CCCCS(=O)(=O)NN(NS(=O)(=O)C(C)C)S(=O)(=O)C(C)CC(NS(C)(=O)=O)(NS(=O)(=O)CC)NS(=O)(=O)CCC. The third-order valence-electron chi connectivity index (χ3n) is 5.05. The van der Waals surface area contributed by atoms with Gasteiger partial charge in [-0.15, -0.1) is 9.66 Å². The monoisotopic (exact) mass is 714 g/mol. The smallest absolute Gasteiger partial charge is 0.213 e. The summed E-state index contributed by atoms with van der Waals surface area (Å²) >= 11 is 0. The van der Waals surface area contributed by atoms with Crippen LogP contribution in [0.2, 0.25) is 0 Å². The molecule has 0 heterocycles. The molecule has 0 amide bonds. The zero-order valence-corrected chi connectivity index (χ0v) is 28.8. The van der Waals surface area contributed by atoms with Gasteiger partial charge in [-0.2, -0.15) is 14.2 Å². The molecule has 0 aliphatic heterocycles. The summed E-state index contributed by atoms with van der Waals surface area (Å²) in [4.78, 5) is 3.25. The van der Waals surface area contributed by atoms with Crippen molar-refractivity contribution in [3.05, 3.63) is 0 Å². The van der Waals surface area contributed by atoms with E-state index in [-0.39, 0.29) is 17.4 Å². The fraction of sp³-hybridized carbons (Fsp3) is 1.00. The third-order valence-corrected chi connectivity index (χ3v) is 13.9. The summed E-state index contributed by atoms with van der Waals surface area (Å²) in [6.45, 7) is 7.45. The van der Waals surface area contributed by atoms with E-state index in [1.165, 1.54) is 20.8 Å². The number of rotatable bonds is 21. The Labute approximate surface area is 245 Å². The molecular weight excluding hydrogens is 673 g/mol. The molecule has 0 aliphatic carbocycles. The van der Waals surface area contributed by atoms with Crippen LogP contribution in [0.15, 0.2) is 0 Å². The Balaban J connectivity index is 7.12. The maximum Gasteiger partial charge on any atom is 0.244 e. The van der Waals surface area contributed by atoms with Crippen molar-refractivity contribution in [3.63, 3.8) is 0 Å². The molecular formula is C17H42N6O12S6. The van der Waals surface area contributed by atoms with Gasteiger partial charge in [-0.1, -0.05) is 20.3 Å². The largest absolute Gasteiger partial charge is 0.244 e. The Morgan fingerprint density at radius 3 is 1.59 bits per heavy atom. The van der Waals surface area contributed by atoms with Gasteiger partial charge in [-0.25, -0.2) is 50.5 Å². The van der Waals surface area contributed by atoms with E-state index in [1.54, 1.807) is 21.3 Å². The Morgan fingerprint density at radius 2 is 1.17 bits per heavy atom. The van der Waals surface area contributed by atoms with Gasteiger partial charge in [0.15, 0.2) is 5.79 Å². The van der Waals surface area contributed by atoms with E-state index in [0.717, 1.165) is 13.8 Å². The summed E-state index contributed by atoms with van der Waals surface area (Å²) in [6, 6.07) is 0. The van der Waals surface area contributed by atoms with Crippen LogP contribution in [0.3, 0.4) is 0 Å². The van der Waals surface area contributed by atoms with Gasteiger partial charge in [-0.05, 0) is 45.1 Å². The van der Waals surface area contributed by atoms with Crippen LogP contribution in [-0.2, 0) is 60.1 Å². The highest BCUT2D eigenvalue weighted by Crippen LogP contribution is 2.20. The van der Waals surface area contributed by atoms with E-state index in [1.807, 2.05) is 9.44 Å². The summed E-state index contributed by atoms with van der Waals surface area (Å²) in [5, 5.41) is -3.30. The molecule has 0 aromatic heterocycles. The highest BCUT2D eigenvalue weighted by molar-refractivity contribution is 7.94. The molecule has 0 rings (SSSR count). The zero-order valence-electron chi connectivity index (χ0n) is 23.9. The molecule has 24 heteroatoms. The van der Waals surface area contributed by atoms with Crippen molar-refractivity contribution in [2.24, 2.45) is 0 Å². The first-order valence-electron chi connectivity index (χ1n) is 12.3. The minimum Gasteiger partial charge on any atom is -0.213 e. The summed E-state index contributed by atoms with van der Waals surface area (Å²) in [7, 11) is -27.6. The predicted octanol–water partition coefficient (Wildman–Crippen LogP) is -2.25. The average Bonchev–Trinajstić information content (AvgIpc) is 2.74. The van der Waals surface area contributed by atoms with Crippen LogP contribution >= 0.6 is 0 Å².